The molecule has 3 aromatic carbocycles. The number of anilines is 3. The van der Waals surface area contributed by atoms with Crippen LogP contribution in [0.25, 0.3) is 0 Å². The molecule has 3 aromatic rings. The highest BCUT2D eigenvalue weighted by Gasteiger charge is 2.09. The van der Waals surface area contributed by atoms with Crippen LogP contribution in [0.3, 0.4) is 0 Å². The van der Waals surface area contributed by atoms with Crippen molar-refractivity contribution in [1.29, 1.82) is 0 Å². The van der Waals surface area contributed by atoms with Gasteiger partial charge in [-0.2, -0.15) is 0 Å². The zero-order valence-corrected chi connectivity index (χ0v) is 18.7. The maximum Gasteiger partial charge on any atom is 0.251 e. The molecule has 7 heteroatoms. The minimum absolute atomic E-state index is 0.0426. The van der Waals surface area contributed by atoms with Crippen LogP contribution in [-0.4, -0.2) is 24.3 Å². The van der Waals surface area contributed by atoms with Crippen LogP contribution in [0.5, 0.6) is 0 Å². The number of hydrogen-bond donors (Lipinski definition) is 4. The minimum atomic E-state index is -0.229. The lowest BCUT2D eigenvalue weighted by Gasteiger charge is -2.11. The summed E-state index contributed by atoms with van der Waals surface area (Å²) in [7, 11) is 0. The highest BCUT2D eigenvalue weighted by molar-refractivity contribution is 5.96. The van der Waals surface area contributed by atoms with Crippen LogP contribution < -0.4 is 21.3 Å². The number of hydrogen-bond acceptors (Lipinski definition) is 4. The molecule has 3 rings (SSSR count). The molecule has 170 valence electrons. The summed E-state index contributed by atoms with van der Waals surface area (Å²) < 4.78 is 0. The molecular weight excluding hydrogens is 416 g/mol. The third kappa shape index (κ3) is 7.50. The van der Waals surface area contributed by atoms with Gasteiger partial charge in [0.05, 0.1) is 6.54 Å². The topological polar surface area (TPSA) is 99.3 Å². The van der Waals surface area contributed by atoms with E-state index in [-0.39, 0.29) is 30.2 Å². The van der Waals surface area contributed by atoms with Gasteiger partial charge < -0.3 is 21.3 Å². The molecule has 0 unspecified atom stereocenters. The smallest absolute Gasteiger partial charge is 0.251 e. The van der Waals surface area contributed by atoms with E-state index in [9.17, 15) is 14.4 Å². The fourth-order valence-corrected chi connectivity index (χ4v) is 2.96. The van der Waals surface area contributed by atoms with E-state index in [1.807, 2.05) is 44.2 Å². The number of nitrogens with one attached hydrogen (secondary N) is 4. The number of carbonyl (C=O) groups excluding carboxylic acids is 3. The van der Waals surface area contributed by atoms with Crippen molar-refractivity contribution in [2.75, 3.05) is 22.5 Å². The molecule has 0 radical (unpaired) electrons. The SMILES string of the molecule is CC(C)C(=O)Nc1ccc(NC(=O)CNc2cccc(C(=O)NCc3ccccc3)c2)cc1. The number of carbonyl (C=O) groups is 3. The first-order chi connectivity index (χ1) is 15.9. The molecule has 0 heterocycles. The normalized spacial score (nSPS) is 10.4. The standard InChI is InChI=1S/C26H28N4O3/c1-18(2)25(32)30-22-13-11-21(12-14-22)29-24(31)17-27-23-10-6-9-20(15-23)26(33)28-16-19-7-4-3-5-8-19/h3-15,18,27H,16-17H2,1-2H3,(H,28,33)(H,29,31)(H,30,32). The summed E-state index contributed by atoms with van der Waals surface area (Å²) in [5.74, 6) is -0.583. The number of amides is 3. The largest absolute Gasteiger partial charge is 0.376 e. The van der Waals surface area contributed by atoms with Crippen LogP contribution in [0.1, 0.15) is 29.8 Å². The summed E-state index contributed by atoms with van der Waals surface area (Å²) in [4.78, 5) is 36.5. The lowest BCUT2D eigenvalue weighted by molar-refractivity contribution is -0.119. The third-order valence-corrected chi connectivity index (χ3v) is 4.83. The summed E-state index contributed by atoms with van der Waals surface area (Å²) in [5.41, 5.74) is 3.50. The molecule has 7 nitrogen and oxygen atoms in total. The van der Waals surface area contributed by atoms with Crippen molar-refractivity contribution < 1.29 is 14.4 Å². The fraction of sp³-hybridized carbons (Fsp3) is 0.192. The van der Waals surface area contributed by atoms with Gasteiger partial charge in [0.15, 0.2) is 0 Å². The van der Waals surface area contributed by atoms with E-state index in [4.69, 9.17) is 0 Å². The van der Waals surface area contributed by atoms with Gasteiger partial charge in [-0.15, -0.1) is 0 Å². The van der Waals surface area contributed by atoms with Gasteiger partial charge in [-0.3, -0.25) is 14.4 Å². The Hall–Kier alpha value is -4.13. The second-order valence-electron chi connectivity index (χ2n) is 7.87. The average Bonchev–Trinajstić information content (AvgIpc) is 2.83. The Morgan fingerprint density at radius 1 is 0.758 bits per heavy atom. The monoisotopic (exact) mass is 444 g/mol. The predicted octanol–water partition coefficient (Wildman–Crippen LogP) is 4.26. The maximum absolute atomic E-state index is 12.4. The molecule has 0 saturated carbocycles. The van der Waals surface area contributed by atoms with Gasteiger partial charge in [0, 0.05) is 35.1 Å². The third-order valence-electron chi connectivity index (χ3n) is 4.83. The Labute approximate surface area is 193 Å². The van der Waals surface area contributed by atoms with Gasteiger partial charge in [-0.05, 0) is 48.0 Å². The molecule has 0 spiro atoms. The van der Waals surface area contributed by atoms with Crippen molar-refractivity contribution in [1.82, 2.24) is 5.32 Å². The Morgan fingerprint density at radius 2 is 1.42 bits per heavy atom. The van der Waals surface area contributed by atoms with Gasteiger partial charge in [0.1, 0.15) is 0 Å². The van der Waals surface area contributed by atoms with E-state index >= 15 is 0 Å². The van der Waals surface area contributed by atoms with Crippen molar-refractivity contribution in [2.24, 2.45) is 5.92 Å². The van der Waals surface area contributed by atoms with Crippen LogP contribution in [0, 0.1) is 5.92 Å². The van der Waals surface area contributed by atoms with Gasteiger partial charge in [-0.1, -0.05) is 50.2 Å². The Bertz CT molecular complexity index is 1100. The van der Waals surface area contributed by atoms with Crippen molar-refractivity contribution in [2.45, 2.75) is 20.4 Å². The van der Waals surface area contributed by atoms with Crippen molar-refractivity contribution in [3.05, 3.63) is 90.0 Å². The first-order valence-corrected chi connectivity index (χ1v) is 10.8. The van der Waals surface area contributed by atoms with Gasteiger partial charge >= 0.3 is 0 Å². The molecule has 4 N–H and O–H groups in total. The van der Waals surface area contributed by atoms with Crippen molar-refractivity contribution in [3.8, 4) is 0 Å². The Kier molecular flexibility index (Phi) is 8.18. The molecular formula is C26H28N4O3. The number of rotatable bonds is 9. The zero-order valence-electron chi connectivity index (χ0n) is 18.7. The molecule has 0 fully saturated rings. The molecule has 0 aromatic heterocycles. The summed E-state index contributed by atoms with van der Waals surface area (Å²) in [6.45, 7) is 4.13. The highest BCUT2D eigenvalue weighted by Crippen LogP contribution is 2.15. The van der Waals surface area contributed by atoms with Crippen LogP contribution >= 0.6 is 0 Å². The molecule has 33 heavy (non-hydrogen) atoms. The Morgan fingerprint density at radius 3 is 2.09 bits per heavy atom. The van der Waals surface area contributed by atoms with Crippen molar-refractivity contribution >= 4 is 34.8 Å². The average molecular weight is 445 g/mol. The van der Waals surface area contributed by atoms with E-state index < -0.39 is 0 Å². The van der Waals surface area contributed by atoms with E-state index in [0.29, 0.717) is 29.2 Å². The first-order valence-electron chi connectivity index (χ1n) is 10.8. The molecule has 0 aliphatic carbocycles. The maximum atomic E-state index is 12.4. The quantitative estimate of drug-likeness (QED) is 0.396. The summed E-state index contributed by atoms with van der Waals surface area (Å²) in [6, 6.07) is 23.6. The first kappa shape index (κ1) is 23.5. The second-order valence-corrected chi connectivity index (χ2v) is 7.87. The fourth-order valence-electron chi connectivity index (χ4n) is 2.96. The zero-order chi connectivity index (χ0) is 23.6. The lowest BCUT2D eigenvalue weighted by atomic mass is 10.1. The van der Waals surface area contributed by atoms with Crippen LogP contribution in [0.2, 0.25) is 0 Å². The summed E-state index contributed by atoms with van der Waals surface area (Å²) in [6.07, 6.45) is 0. The van der Waals surface area contributed by atoms with E-state index in [0.717, 1.165) is 5.56 Å². The van der Waals surface area contributed by atoms with Gasteiger partial charge in [0.25, 0.3) is 5.91 Å². The second kappa shape index (κ2) is 11.5. The van der Waals surface area contributed by atoms with Crippen LogP contribution in [-0.2, 0) is 16.1 Å². The number of benzene rings is 3. The summed E-state index contributed by atoms with van der Waals surface area (Å²) in [5, 5.41) is 11.5. The van der Waals surface area contributed by atoms with Crippen LogP contribution in [0.15, 0.2) is 78.9 Å². The lowest BCUT2D eigenvalue weighted by Crippen LogP contribution is -2.24. The van der Waals surface area contributed by atoms with Crippen LogP contribution in [0.4, 0.5) is 17.1 Å². The molecule has 0 atom stereocenters. The predicted molar refractivity (Wildman–Crippen MR) is 131 cm³/mol. The molecule has 0 aliphatic heterocycles. The highest BCUT2D eigenvalue weighted by atomic mass is 16.2. The van der Waals surface area contributed by atoms with E-state index in [1.165, 1.54) is 0 Å². The summed E-state index contributed by atoms with van der Waals surface area (Å²) >= 11 is 0. The molecule has 0 aliphatic rings. The van der Waals surface area contributed by atoms with E-state index in [2.05, 4.69) is 21.3 Å². The molecule has 0 bridgehead atoms. The van der Waals surface area contributed by atoms with Gasteiger partial charge in [-0.25, -0.2) is 0 Å². The Balaban J connectivity index is 1.48. The van der Waals surface area contributed by atoms with Crippen molar-refractivity contribution in [3.63, 3.8) is 0 Å². The minimum Gasteiger partial charge on any atom is -0.376 e. The van der Waals surface area contributed by atoms with E-state index in [1.54, 1.807) is 48.5 Å². The van der Waals surface area contributed by atoms with Gasteiger partial charge in [0.2, 0.25) is 11.8 Å². The molecule has 3 amide bonds. The molecule has 0 saturated heterocycles.